The van der Waals surface area contributed by atoms with Gasteiger partial charge in [0.15, 0.2) is 0 Å². The van der Waals surface area contributed by atoms with Gasteiger partial charge in [-0.25, -0.2) is 4.98 Å². The molecule has 0 atom stereocenters. The summed E-state index contributed by atoms with van der Waals surface area (Å²) in [6.07, 6.45) is 1.28. The average Bonchev–Trinajstić information content (AvgIpc) is 3.13. The minimum Gasteiger partial charge on any atom is -0.457 e. The molecular formula is C22H20N4O3. The van der Waals surface area contributed by atoms with Crippen LogP contribution < -0.4 is 10.5 Å². The number of amides is 2. The molecule has 0 saturated carbocycles. The Morgan fingerprint density at radius 2 is 1.72 bits per heavy atom. The quantitative estimate of drug-likeness (QED) is 0.681. The second kappa shape index (κ2) is 7.63. The van der Waals surface area contributed by atoms with Crippen LogP contribution in [0, 0.1) is 0 Å². The lowest BCUT2D eigenvalue weighted by Crippen LogP contribution is -2.38. The topological polar surface area (TPSA) is 90.4 Å². The smallest absolute Gasteiger partial charge is 0.267 e. The number of carbonyl (C=O) groups is 2. The molecule has 2 aromatic carbocycles. The number of hydrogen-bond acceptors (Lipinski definition) is 4. The molecule has 4 rings (SSSR count). The van der Waals surface area contributed by atoms with Gasteiger partial charge in [0.25, 0.3) is 5.91 Å². The van der Waals surface area contributed by atoms with E-state index in [1.807, 2.05) is 54.6 Å². The molecule has 2 heterocycles. The van der Waals surface area contributed by atoms with Crippen molar-refractivity contribution in [2.45, 2.75) is 13.1 Å². The molecule has 0 unspecified atom stereocenters. The number of para-hydroxylation sites is 1. The molecule has 0 aliphatic carbocycles. The van der Waals surface area contributed by atoms with Crippen LogP contribution in [0.2, 0.25) is 0 Å². The van der Waals surface area contributed by atoms with Crippen molar-refractivity contribution < 1.29 is 14.3 Å². The van der Waals surface area contributed by atoms with E-state index in [1.54, 1.807) is 9.47 Å². The largest absolute Gasteiger partial charge is 0.457 e. The summed E-state index contributed by atoms with van der Waals surface area (Å²) in [7, 11) is 0. The molecule has 2 N–H and O–H groups in total. The summed E-state index contributed by atoms with van der Waals surface area (Å²) < 4.78 is 7.60. The number of imidazole rings is 1. The number of benzene rings is 2. The van der Waals surface area contributed by atoms with E-state index in [2.05, 4.69) is 11.6 Å². The number of aromatic nitrogens is 2. The fourth-order valence-electron chi connectivity index (χ4n) is 3.40. The minimum absolute atomic E-state index is 0.163. The monoisotopic (exact) mass is 388 g/mol. The van der Waals surface area contributed by atoms with E-state index in [0.717, 1.165) is 11.3 Å². The maximum absolute atomic E-state index is 12.1. The van der Waals surface area contributed by atoms with Gasteiger partial charge in [-0.3, -0.25) is 9.59 Å². The highest BCUT2D eigenvalue weighted by Crippen LogP contribution is 2.29. The van der Waals surface area contributed by atoms with Crippen LogP contribution >= 0.6 is 0 Å². The van der Waals surface area contributed by atoms with Gasteiger partial charge >= 0.3 is 0 Å². The molecule has 1 aromatic heterocycles. The number of ether oxygens (including phenoxy) is 1. The maximum Gasteiger partial charge on any atom is 0.267 e. The summed E-state index contributed by atoms with van der Waals surface area (Å²) in [5.74, 6) is 1.32. The van der Waals surface area contributed by atoms with E-state index >= 15 is 0 Å². The first-order valence-corrected chi connectivity index (χ1v) is 9.20. The van der Waals surface area contributed by atoms with Crippen LogP contribution in [0.3, 0.4) is 0 Å². The number of carbonyl (C=O) groups excluding carboxylic acids is 2. The van der Waals surface area contributed by atoms with Gasteiger partial charge in [-0.05, 0) is 42.5 Å². The third-order valence-electron chi connectivity index (χ3n) is 4.80. The number of nitrogens with two attached hydrogens (primary N) is 1. The second-order valence-corrected chi connectivity index (χ2v) is 6.64. The van der Waals surface area contributed by atoms with E-state index in [0.29, 0.717) is 42.6 Å². The Morgan fingerprint density at radius 1 is 1.03 bits per heavy atom. The van der Waals surface area contributed by atoms with Gasteiger partial charge in [-0.1, -0.05) is 24.8 Å². The lowest BCUT2D eigenvalue weighted by Gasteiger charge is -2.27. The number of rotatable bonds is 5. The molecular weight excluding hydrogens is 368 g/mol. The van der Waals surface area contributed by atoms with Crippen molar-refractivity contribution in [1.29, 1.82) is 0 Å². The molecule has 1 aliphatic heterocycles. The molecule has 2 amide bonds. The zero-order valence-electron chi connectivity index (χ0n) is 15.7. The average molecular weight is 388 g/mol. The number of primary amides is 1. The zero-order valence-corrected chi connectivity index (χ0v) is 15.7. The van der Waals surface area contributed by atoms with Crippen molar-refractivity contribution in [3.8, 4) is 22.8 Å². The SMILES string of the molecule is C=CC(=O)N1CCn2c(nc(-c3ccc(Oc4ccccc4)cc3)c2C(N)=O)C1. The van der Waals surface area contributed by atoms with Crippen molar-refractivity contribution in [3.63, 3.8) is 0 Å². The van der Waals surface area contributed by atoms with Gasteiger partial charge in [0, 0.05) is 18.7 Å². The summed E-state index contributed by atoms with van der Waals surface area (Å²) in [6, 6.07) is 16.8. The van der Waals surface area contributed by atoms with Gasteiger partial charge < -0.3 is 19.9 Å². The molecule has 1 aliphatic rings. The second-order valence-electron chi connectivity index (χ2n) is 6.64. The number of fused-ring (bicyclic) bond motifs is 1. The fraction of sp³-hybridized carbons (Fsp3) is 0.136. The third-order valence-corrected chi connectivity index (χ3v) is 4.80. The Balaban J connectivity index is 1.65. The molecule has 146 valence electrons. The summed E-state index contributed by atoms with van der Waals surface area (Å²) in [5.41, 5.74) is 7.26. The van der Waals surface area contributed by atoms with Gasteiger partial charge in [0.2, 0.25) is 5.91 Å². The maximum atomic E-state index is 12.1. The third kappa shape index (κ3) is 3.62. The van der Waals surface area contributed by atoms with E-state index < -0.39 is 5.91 Å². The zero-order chi connectivity index (χ0) is 20.4. The Kier molecular flexibility index (Phi) is 4.87. The van der Waals surface area contributed by atoms with Crippen molar-refractivity contribution in [2.24, 2.45) is 5.73 Å². The first-order chi connectivity index (χ1) is 14.1. The first kappa shape index (κ1) is 18.5. The fourth-order valence-corrected chi connectivity index (χ4v) is 3.40. The Labute approximate surface area is 168 Å². The van der Waals surface area contributed by atoms with Gasteiger partial charge in [0.05, 0.1) is 6.54 Å². The molecule has 7 heteroatoms. The van der Waals surface area contributed by atoms with Crippen LogP contribution in [0.15, 0.2) is 67.3 Å². The predicted octanol–water partition coefficient (Wildman–Crippen LogP) is 2.97. The highest BCUT2D eigenvalue weighted by atomic mass is 16.5. The normalized spacial score (nSPS) is 12.9. The lowest BCUT2D eigenvalue weighted by molar-refractivity contribution is -0.127. The van der Waals surface area contributed by atoms with Crippen molar-refractivity contribution in [1.82, 2.24) is 14.5 Å². The Morgan fingerprint density at radius 3 is 2.38 bits per heavy atom. The molecule has 29 heavy (non-hydrogen) atoms. The molecule has 0 radical (unpaired) electrons. The summed E-state index contributed by atoms with van der Waals surface area (Å²) in [5, 5.41) is 0. The highest BCUT2D eigenvalue weighted by Gasteiger charge is 2.28. The van der Waals surface area contributed by atoms with Crippen LogP contribution in [0.1, 0.15) is 16.3 Å². The molecule has 0 bridgehead atoms. The summed E-state index contributed by atoms with van der Waals surface area (Å²) in [4.78, 5) is 30.3. The van der Waals surface area contributed by atoms with Crippen molar-refractivity contribution >= 4 is 11.8 Å². The van der Waals surface area contributed by atoms with Crippen LogP contribution in [-0.4, -0.2) is 32.8 Å². The van der Waals surface area contributed by atoms with Crippen LogP contribution in [-0.2, 0) is 17.9 Å². The predicted molar refractivity (Wildman–Crippen MR) is 108 cm³/mol. The van der Waals surface area contributed by atoms with E-state index in [-0.39, 0.29) is 5.91 Å². The van der Waals surface area contributed by atoms with Gasteiger partial charge in [-0.15, -0.1) is 0 Å². The molecule has 0 saturated heterocycles. The molecule has 0 fully saturated rings. The first-order valence-electron chi connectivity index (χ1n) is 9.20. The lowest BCUT2D eigenvalue weighted by atomic mass is 10.1. The van der Waals surface area contributed by atoms with Crippen LogP contribution in [0.5, 0.6) is 11.5 Å². The van der Waals surface area contributed by atoms with Crippen molar-refractivity contribution in [2.75, 3.05) is 6.54 Å². The summed E-state index contributed by atoms with van der Waals surface area (Å²) in [6.45, 7) is 4.75. The Hall–Kier alpha value is -3.87. The van der Waals surface area contributed by atoms with E-state index in [4.69, 9.17) is 10.5 Å². The van der Waals surface area contributed by atoms with E-state index in [1.165, 1.54) is 6.08 Å². The molecule has 7 nitrogen and oxygen atoms in total. The number of nitrogens with zero attached hydrogens (tertiary/aromatic N) is 3. The van der Waals surface area contributed by atoms with Gasteiger partial charge in [0.1, 0.15) is 28.7 Å². The van der Waals surface area contributed by atoms with Crippen LogP contribution in [0.25, 0.3) is 11.3 Å². The Bertz CT molecular complexity index is 1070. The standard InChI is InChI=1S/C22H20N4O3/c1-2-19(27)25-12-13-26-18(14-25)24-20(21(26)22(23)28)15-8-10-17(11-9-15)29-16-6-4-3-5-7-16/h2-11H,1,12-14H2,(H2,23,28). The number of hydrogen-bond donors (Lipinski definition) is 1. The molecule has 3 aromatic rings. The molecule has 0 spiro atoms. The van der Waals surface area contributed by atoms with Crippen molar-refractivity contribution in [3.05, 3.63) is 78.8 Å². The summed E-state index contributed by atoms with van der Waals surface area (Å²) >= 11 is 0. The highest BCUT2D eigenvalue weighted by molar-refractivity contribution is 5.97. The van der Waals surface area contributed by atoms with Gasteiger partial charge in [-0.2, -0.15) is 0 Å². The van der Waals surface area contributed by atoms with Crippen LogP contribution in [0.4, 0.5) is 0 Å². The van der Waals surface area contributed by atoms with E-state index in [9.17, 15) is 9.59 Å². The minimum atomic E-state index is -0.549.